The standard InChI is InChI=1S/C28H30FN3O2/c29-24-12-10-22(11-13-24)20-32-18-15-23(16-19-32)27(33)31-26-9-5-4-8-25(26)28(34)30-17-14-21-6-2-1-3-7-21/h1-13,23H,14-20H2,(H,30,34)(H,31,33). The largest absolute Gasteiger partial charge is 0.352 e. The van der Waals surface area contributed by atoms with Crippen molar-refractivity contribution in [2.75, 3.05) is 25.0 Å². The number of rotatable bonds is 8. The van der Waals surface area contributed by atoms with Gasteiger partial charge >= 0.3 is 0 Å². The van der Waals surface area contributed by atoms with E-state index >= 15 is 0 Å². The number of benzene rings is 3. The fourth-order valence-electron chi connectivity index (χ4n) is 4.29. The first-order chi connectivity index (χ1) is 16.6. The highest BCUT2D eigenvalue weighted by Gasteiger charge is 2.26. The molecule has 34 heavy (non-hydrogen) atoms. The highest BCUT2D eigenvalue weighted by molar-refractivity contribution is 6.04. The molecule has 1 aliphatic heterocycles. The van der Waals surface area contributed by atoms with Crippen LogP contribution >= 0.6 is 0 Å². The summed E-state index contributed by atoms with van der Waals surface area (Å²) in [6.07, 6.45) is 2.24. The molecule has 0 atom stereocenters. The maximum atomic E-state index is 13.1. The quantitative estimate of drug-likeness (QED) is 0.516. The molecule has 5 nitrogen and oxygen atoms in total. The van der Waals surface area contributed by atoms with Crippen LogP contribution in [0, 0.1) is 11.7 Å². The lowest BCUT2D eigenvalue weighted by Gasteiger charge is -2.31. The Balaban J connectivity index is 1.27. The second kappa shape index (κ2) is 11.6. The van der Waals surface area contributed by atoms with Crippen molar-refractivity contribution in [1.82, 2.24) is 10.2 Å². The molecule has 0 aliphatic carbocycles. The zero-order valence-electron chi connectivity index (χ0n) is 19.2. The summed E-state index contributed by atoms with van der Waals surface area (Å²) in [6.45, 7) is 2.88. The second-order valence-electron chi connectivity index (χ2n) is 8.70. The molecule has 0 unspecified atom stereocenters. The van der Waals surface area contributed by atoms with Gasteiger partial charge in [0.25, 0.3) is 5.91 Å². The first-order valence-electron chi connectivity index (χ1n) is 11.8. The summed E-state index contributed by atoms with van der Waals surface area (Å²) < 4.78 is 13.1. The van der Waals surface area contributed by atoms with E-state index < -0.39 is 0 Å². The molecule has 2 amide bonds. The summed E-state index contributed by atoms with van der Waals surface area (Å²) in [6, 6.07) is 23.7. The smallest absolute Gasteiger partial charge is 0.253 e. The molecule has 3 aromatic rings. The molecule has 0 aromatic heterocycles. The molecule has 176 valence electrons. The Morgan fingerprint density at radius 3 is 2.26 bits per heavy atom. The molecule has 0 saturated carbocycles. The molecule has 2 N–H and O–H groups in total. The summed E-state index contributed by atoms with van der Waals surface area (Å²) >= 11 is 0. The Labute approximate surface area is 200 Å². The van der Waals surface area contributed by atoms with E-state index in [9.17, 15) is 14.0 Å². The van der Waals surface area contributed by atoms with Gasteiger partial charge in [0, 0.05) is 19.0 Å². The van der Waals surface area contributed by atoms with Crippen LogP contribution < -0.4 is 10.6 Å². The number of likely N-dealkylation sites (tertiary alicyclic amines) is 1. The molecule has 0 radical (unpaired) electrons. The van der Waals surface area contributed by atoms with Crippen LogP contribution in [0.4, 0.5) is 10.1 Å². The van der Waals surface area contributed by atoms with E-state index in [1.165, 1.54) is 12.1 Å². The molecule has 1 aliphatic rings. The van der Waals surface area contributed by atoms with Crippen LogP contribution in [0.15, 0.2) is 78.9 Å². The minimum atomic E-state index is -0.232. The van der Waals surface area contributed by atoms with Gasteiger partial charge in [-0.2, -0.15) is 0 Å². The van der Waals surface area contributed by atoms with Crippen molar-refractivity contribution in [2.45, 2.75) is 25.8 Å². The lowest BCUT2D eigenvalue weighted by atomic mass is 9.95. The molecule has 4 rings (SSSR count). The van der Waals surface area contributed by atoms with E-state index in [-0.39, 0.29) is 23.5 Å². The monoisotopic (exact) mass is 459 g/mol. The summed E-state index contributed by atoms with van der Waals surface area (Å²) in [5.41, 5.74) is 3.24. The molecule has 1 fully saturated rings. The number of nitrogens with one attached hydrogen (secondary N) is 2. The number of carbonyl (C=O) groups is 2. The van der Waals surface area contributed by atoms with E-state index in [1.54, 1.807) is 30.3 Å². The van der Waals surface area contributed by atoms with Crippen LogP contribution in [0.2, 0.25) is 0 Å². The minimum Gasteiger partial charge on any atom is -0.352 e. The highest BCUT2D eigenvalue weighted by atomic mass is 19.1. The highest BCUT2D eigenvalue weighted by Crippen LogP contribution is 2.22. The first kappa shape index (κ1) is 23.6. The molecule has 3 aromatic carbocycles. The van der Waals surface area contributed by atoms with Crippen molar-refractivity contribution in [3.8, 4) is 0 Å². The van der Waals surface area contributed by atoms with Gasteiger partial charge in [0.05, 0.1) is 11.3 Å². The number of piperidine rings is 1. The lowest BCUT2D eigenvalue weighted by molar-refractivity contribution is -0.121. The van der Waals surface area contributed by atoms with Crippen molar-refractivity contribution in [2.24, 2.45) is 5.92 Å². The Morgan fingerprint density at radius 2 is 1.53 bits per heavy atom. The van der Waals surface area contributed by atoms with Crippen molar-refractivity contribution in [3.63, 3.8) is 0 Å². The average Bonchev–Trinajstić information content (AvgIpc) is 2.87. The molecular weight excluding hydrogens is 429 g/mol. The van der Waals surface area contributed by atoms with Crippen LogP contribution in [0.1, 0.15) is 34.3 Å². The SMILES string of the molecule is O=C(NCCc1ccccc1)c1ccccc1NC(=O)C1CCN(Cc2ccc(F)cc2)CC1. The van der Waals surface area contributed by atoms with Gasteiger partial charge in [-0.3, -0.25) is 14.5 Å². The predicted molar refractivity (Wildman–Crippen MR) is 132 cm³/mol. The zero-order chi connectivity index (χ0) is 23.8. The topological polar surface area (TPSA) is 61.4 Å². The number of nitrogens with zero attached hydrogens (tertiary/aromatic N) is 1. The number of anilines is 1. The predicted octanol–water partition coefficient (Wildman–Crippen LogP) is 4.65. The zero-order valence-corrected chi connectivity index (χ0v) is 19.2. The number of halogens is 1. The summed E-state index contributed by atoms with van der Waals surface area (Å²) in [5.74, 6) is -0.574. The van der Waals surface area contributed by atoms with E-state index in [0.717, 1.165) is 50.0 Å². The van der Waals surface area contributed by atoms with Gasteiger partial charge in [-0.1, -0.05) is 54.6 Å². The van der Waals surface area contributed by atoms with Crippen LogP contribution in [0.3, 0.4) is 0 Å². The molecule has 0 bridgehead atoms. The average molecular weight is 460 g/mol. The fraction of sp³-hybridized carbons (Fsp3) is 0.286. The normalized spacial score (nSPS) is 14.5. The van der Waals surface area contributed by atoms with Gasteiger partial charge in [-0.25, -0.2) is 4.39 Å². The Kier molecular flexibility index (Phi) is 8.04. The minimum absolute atomic E-state index is 0.0500. The van der Waals surface area contributed by atoms with Crippen LogP contribution in [-0.2, 0) is 17.8 Å². The molecule has 1 heterocycles. The maximum absolute atomic E-state index is 13.1. The Hall–Kier alpha value is -3.51. The summed E-state index contributed by atoms with van der Waals surface area (Å²) in [5, 5.41) is 5.93. The number of hydrogen-bond donors (Lipinski definition) is 2. The first-order valence-corrected chi connectivity index (χ1v) is 11.8. The summed E-state index contributed by atoms with van der Waals surface area (Å²) in [7, 11) is 0. The molecule has 0 spiro atoms. The van der Waals surface area contributed by atoms with Crippen molar-refractivity contribution in [3.05, 3.63) is 101 Å². The molecular formula is C28H30FN3O2. The van der Waals surface area contributed by atoms with Crippen molar-refractivity contribution >= 4 is 17.5 Å². The summed E-state index contributed by atoms with van der Waals surface area (Å²) in [4.78, 5) is 28.0. The molecule has 6 heteroatoms. The van der Waals surface area contributed by atoms with Gasteiger partial charge in [0.2, 0.25) is 5.91 Å². The van der Waals surface area contributed by atoms with Crippen molar-refractivity contribution < 1.29 is 14.0 Å². The number of hydrogen-bond acceptors (Lipinski definition) is 3. The third-order valence-corrected chi connectivity index (χ3v) is 6.25. The lowest BCUT2D eigenvalue weighted by Crippen LogP contribution is -2.38. The number of para-hydroxylation sites is 1. The van der Waals surface area contributed by atoms with E-state index in [1.807, 2.05) is 36.4 Å². The third-order valence-electron chi connectivity index (χ3n) is 6.25. The van der Waals surface area contributed by atoms with Gasteiger partial charge in [0.15, 0.2) is 0 Å². The number of amides is 2. The van der Waals surface area contributed by atoms with Gasteiger partial charge < -0.3 is 10.6 Å². The van der Waals surface area contributed by atoms with E-state index in [0.29, 0.717) is 17.8 Å². The van der Waals surface area contributed by atoms with Crippen LogP contribution in [0.5, 0.6) is 0 Å². The van der Waals surface area contributed by atoms with E-state index in [2.05, 4.69) is 15.5 Å². The second-order valence-corrected chi connectivity index (χ2v) is 8.70. The van der Waals surface area contributed by atoms with Gasteiger partial charge in [-0.05, 0) is 67.7 Å². The van der Waals surface area contributed by atoms with Gasteiger partial charge in [0.1, 0.15) is 5.82 Å². The van der Waals surface area contributed by atoms with E-state index in [4.69, 9.17) is 0 Å². The van der Waals surface area contributed by atoms with Gasteiger partial charge in [-0.15, -0.1) is 0 Å². The Morgan fingerprint density at radius 1 is 0.853 bits per heavy atom. The van der Waals surface area contributed by atoms with Crippen LogP contribution in [-0.4, -0.2) is 36.3 Å². The van der Waals surface area contributed by atoms with Crippen molar-refractivity contribution in [1.29, 1.82) is 0 Å². The maximum Gasteiger partial charge on any atom is 0.253 e. The third kappa shape index (κ3) is 6.51. The number of carbonyl (C=O) groups excluding carboxylic acids is 2. The molecule has 1 saturated heterocycles. The Bertz CT molecular complexity index is 1090. The van der Waals surface area contributed by atoms with Crippen LogP contribution in [0.25, 0.3) is 0 Å². The fourth-order valence-corrected chi connectivity index (χ4v) is 4.29.